The molecule has 220 valence electrons. The van der Waals surface area contributed by atoms with Crippen LogP contribution in [0.4, 0.5) is 4.79 Å². The molecule has 2 aromatic carbocycles. The van der Waals surface area contributed by atoms with Crippen molar-refractivity contribution >= 4 is 6.09 Å². The van der Waals surface area contributed by atoms with E-state index >= 15 is 0 Å². The van der Waals surface area contributed by atoms with Crippen molar-refractivity contribution in [2.24, 2.45) is 0 Å². The number of aromatic nitrogens is 4. The summed E-state index contributed by atoms with van der Waals surface area (Å²) >= 11 is 0. The molecule has 5 rings (SSSR count). The number of nitrogens with zero attached hydrogens (tertiary/aromatic N) is 4. The number of carbonyl (C=O) groups is 1. The van der Waals surface area contributed by atoms with E-state index in [1.165, 1.54) is 5.56 Å². The summed E-state index contributed by atoms with van der Waals surface area (Å²) in [4.78, 5) is 24.8. The first kappa shape index (κ1) is 29.0. The Balaban J connectivity index is 1.12. The van der Waals surface area contributed by atoms with E-state index in [0.29, 0.717) is 17.3 Å². The highest BCUT2D eigenvalue weighted by Crippen LogP contribution is 2.34. The van der Waals surface area contributed by atoms with E-state index in [1.54, 1.807) is 19.2 Å². The summed E-state index contributed by atoms with van der Waals surface area (Å²) in [7, 11) is 0. The lowest BCUT2D eigenvalue weighted by Gasteiger charge is -2.36. The monoisotopic (exact) mass is 571 g/mol. The van der Waals surface area contributed by atoms with Gasteiger partial charge in [-0.2, -0.15) is 4.98 Å². The number of benzene rings is 2. The number of hydrogen-bond donors (Lipinski definition) is 1. The smallest absolute Gasteiger partial charge is 0.407 e. The molecular formula is C32H37N5O5. The molecule has 1 fully saturated rings. The number of amides is 1. The van der Waals surface area contributed by atoms with Crippen molar-refractivity contribution in [1.82, 2.24) is 25.4 Å². The molecule has 4 aromatic rings. The summed E-state index contributed by atoms with van der Waals surface area (Å²) in [5.74, 6) is 2.75. The molecule has 0 saturated heterocycles. The topological polar surface area (TPSA) is 121 Å². The fourth-order valence-corrected chi connectivity index (χ4v) is 4.66. The summed E-state index contributed by atoms with van der Waals surface area (Å²) in [5.41, 5.74) is 2.32. The lowest BCUT2D eigenvalue weighted by molar-refractivity contribution is 0.0363. The minimum Gasteiger partial charge on any atom is -0.490 e. The number of nitrogens with one attached hydrogen (secondary N) is 1. The largest absolute Gasteiger partial charge is 0.490 e. The Morgan fingerprint density at radius 2 is 1.57 bits per heavy atom. The molecule has 0 bridgehead atoms. The average molecular weight is 572 g/mol. The third-order valence-corrected chi connectivity index (χ3v) is 7.09. The van der Waals surface area contributed by atoms with Crippen LogP contribution in [0.15, 0.2) is 65.3 Å². The standard InChI is InChI=1S/C32H37N5O5/c1-20-34-29(42-37-20)28-33-16-15-23(35-28)19-39-25-11-7-21(8-12-25)32(5,6)22-9-13-26(14-10-22)40-27-17-24(18-27)36-30(38)41-31(2,3)4/h7-16,24,27H,17-19H2,1-6H3,(H,36,38). The molecule has 0 unspecified atom stereocenters. The Morgan fingerprint density at radius 3 is 2.17 bits per heavy atom. The number of rotatable bonds is 9. The fraction of sp³-hybridized carbons (Fsp3) is 0.406. The van der Waals surface area contributed by atoms with Crippen molar-refractivity contribution in [2.45, 2.75) is 84.2 Å². The summed E-state index contributed by atoms with van der Waals surface area (Å²) in [6.07, 6.45) is 2.87. The predicted molar refractivity (Wildman–Crippen MR) is 156 cm³/mol. The van der Waals surface area contributed by atoms with Gasteiger partial charge < -0.3 is 24.1 Å². The van der Waals surface area contributed by atoms with Gasteiger partial charge in [-0.3, -0.25) is 0 Å². The van der Waals surface area contributed by atoms with Gasteiger partial charge in [0.2, 0.25) is 5.82 Å². The second-order valence-corrected chi connectivity index (χ2v) is 12.0. The zero-order chi connectivity index (χ0) is 29.9. The van der Waals surface area contributed by atoms with Gasteiger partial charge in [0.05, 0.1) is 5.69 Å². The average Bonchev–Trinajstić information content (AvgIpc) is 3.37. The minimum atomic E-state index is -0.504. The normalized spacial score (nSPS) is 16.8. The summed E-state index contributed by atoms with van der Waals surface area (Å²) in [6.45, 7) is 12.0. The van der Waals surface area contributed by atoms with Crippen molar-refractivity contribution < 1.29 is 23.5 Å². The van der Waals surface area contributed by atoms with Crippen LogP contribution >= 0.6 is 0 Å². The Bertz CT molecular complexity index is 1500. The SMILES string of the molecule is Cc1noc(-c2nccc(COc3ccc(C(C)(C)c4ccc(OC5CC(NC(=O)OC(C)(C)C)C5)cc4)cc3)n2)n1. The van der Waals surface area contributed by atoms with E-state index in [-0.39, 0.29) is 36.2 Å². The molecule has 1 aliphatic rings. The highest BCUT2D eigenvalue weighted by atomic mass is 16.6. The highest BCUT2D eigenvalue weighted by Gasteiger charge is 2.33. The quantitative estimate of drug-likeness (QED) is 0.251. The maximum absolute atomic E-state index is 11.9. The van der Waals surface area contributed by atoms with Crippen LogP contribution in [0.3, 0.4) is 0 Å². The van der Waals surface area contributed by atoms with Crippen LogP contribution in [0.2, 0.25) is 0 Å². The molecule has 2 aromatic heterocycles. The van der Waals surface area contributed by atoms with Crippen LogP contribution in [-0.2, 0) is 16.8 Å². The first-order valence-corrected chi connectivity index (χ1v) is 14.1. The van der Waals surface area contributed by atoms with E-state index in [2.05, 4.69) is 63.5 Å². The van der Waals surface area contributed by atoms with Crippen LogP contribution in [0, 0.1) is 6.92 Å². The van der Waals surface area contributed by atoms with Crippen molar-refractivity contribution in [1.29, 1.82) is 0 Å². The number of alkyl carbamates (subject to hydrolysis) is 1. The van der Waals surface area contributed by atoms with Gasteiger partial charge in [-0.25, -0.2) is 14.8 Å². The van der Waals surface area contributed by atoms with Crippen LogP contribution in [0.25, 0.3) is 11.7 Å². The van der Waals surface area contributed by atoms with Crippen molar-refractivity contribution in [2.75, 3.05) is 0 Å². The molecular weight excluding hydrogens is 534 g/mol. The Labute approximate surface area is 245 Å². The van der Waals surface area contributed by atoms with Crippen LogP contribution in [0.5, 0.6) is 11.5 Å². The van der Waals surface area contributed by atoms with E-state index < -0.39 is 5.60 Å². The van der Waals surface area contributed by atoms with E-state index in [4.69, 9.17) is 18.7 Å². The molecule has 10 heteroatoms. The molecule has 1 saturated carbocycles. The van der Waals surface area contributed by atoms with Gasteiger partial charge in [0.1, 0.15) is 29.8 Å². The summed E-state index contributed by atoms with van der Waals surface area (Å²) < 4.78 is 22.6. The molecule has 0 aliphatic heterocycles. The second-order valence-electron chi connectivity index (χ2n) is 12.0. The molecule has 2 heterocycles. The lowest BCUT2D eigenvalue weighted by atomic mass is 9.78. The molecule has 42 heavy (non-hydrogen) atoms. The molecule has 1 N–H and O–H groups in total. The zero-order valence-electron chi connectivity index (χ0n) is 24.9. The number of carbonyl (C=O) groups excluding carboxylic acids is 1. The third kappa shape index (κ3) is 7.23. The third-order valence-electron chi connectivity index (χ3n) is 7.09. The fourth-order valence-electron chi connectivity index (χ4n) is 4.66. The Kier molecular flexibility index (Phi) is 8.15. The van der Waals surface area contributed by atoms with Gasteiger partial charge in [0, 0.05) is 30.5 Å². The maximum atomic E-state index is 11.9. The van der Waals surface area contributed by atoms with Gasteiger partial charge in [-0.05, 0) is 69.2 Å². The Morgan fingerprint density at radius 1 is 0.929 bits per heavy atom. The summed E-state index contributed by atoms with van der Waals surface area (Å²) in [6, 6.07) is 18.2. The minimum absolute atomic E-state index is 0.0771. The van der Waals surface area contributed by atoms with Crippen LogP contribution in [-0.4, -0.2) is 43.9 Å². The molecule has 10 nitrogen and oxygen atoms in total. The second kappa shape index (κ2) is 11.8. The van der Waals surface area contributed by atoms with E-state index in [1.807, 2.05) is 45.0 Å². The number of hydrogen-bond acceptors (Lipinski definition) is 9. The molecule has 0 radical (unpaired) electrons. The van der Waals surface area contributed by atoms with Gasteiger partial charge in [-0.1, -0.05) is 43.3 Å². The van der Waals surface area contributed by atoms with Gasteiger partial charge in [0.15, 0.2) is 5.82 Å². The Hall–Kier alpha value is -4.47. The van der Waals surface area contributed by atoms with E-state index in [9.17, 15) is 4.79 Å². The van der Waals surface area contributed by atoms with E-state index in [0.717, 1.165) is 29.9 Å². The molecule has 0 atom stereocenters. The molecule has 0 spiro atoms. The maximum Gasteiger partial charge on any atom is 0.407 e. The summed E-state index contributed by atoms with van der Waals surface area (Å²) in [5, 5.41) is 6.69. The van der Waals surface area contributed by atoms with Crippen molar-refractivity contribution in [3.63, 3.8) is 0 Å². The number of ether oxygens (including phenoxy) is 3. The first-order valence-electron chi connectivity index (χ1n) is 14.1. The van der Waals surface area contributed by atoms with Gasteiger partial charge in [0.25, 0.3) is 5.89 Å². The van der Waals surface area contributed by atoms with Gasteiger partial charge in [-0.15, -0.1) is 0 Å². The van der Waals surface area contributed by atoms with Crippen LogP contribution < -0.4 is 14.8 Å². The highest BCUT2D eigenvalue weighted by molar-refractivity contribution is 5.68. The first-order chi connectivity index (χ1) is 19.9. The van der Waals surface area contributed by atoms with Gasteiger partial charge >= 0.3 is 6.09 Å². The number of aryl methyl sites for hydroxylation is 1. The molecule has 1 amide bonds. The van der Waals surface area contributed by atoms with Crippen molar-refractivity contribution in [3.05, 3.63) is 83.4 Å². The molecule has 1 aliphatic carbocycles. The lowest BCUT2D eigenvalue weighted by Crippen LogP contribution is -2.50. The van der Waals surface area contributed by atoms with Crippen molar-refractivity contribution in [3.8, 4) is 23.2 Å². The van der Waals surface area contributed by atoms with Crippen LogP contribution in [0.1, 0.15) is 70.1 Å². The zero-order valence-corrected chi connectivity index (χ0v) is 24.9. The predicted octanol–water partition coefficient (Wildman–Crippen LogP) is 6.17.